The lowest BCUT2D eigenvalue weighted by molar-refractivity contribution is -0.385. The molecule has 0 saturated carbocycles. The summed E-state index contributed by atoms with van der Waals surface area (Å²) in [6, 6.07) is 5.59. The molecule has 1 aromatic heterocycles. The molecule has 0 saturated heterocycles. The number of aryl methyl sites for hydroxylation is 2. The van der Waals surface area contributed by atoms with Gasteiger partial charge in [0, 0.05) is 11.6 Å². The van der Waals surface area contributed by atoms with Crippen LogP contribution in [-0.2, 0) is 5.60 Å². The van der Waals surface area contributed by atoms with Crippen LogP contribution in [0.4, 0.5) is 16.2 Å². The van der Waals surface area contributed by atoms with Crippen LogP contribution >= 0.6 is 0 Å². The fraction of sp³-hybridized carbons (Fsp3) is 0.353. The van der Waals surface area contributed by atoms with Gasteiger partial charge in [-0.25, -0.2) is 4.79 Å². The Morgan fingerprint density at radius 3 is 2.60 bits per heavy atom. The predicted octanol–water partition coefficient (Wildman–Crippen LogP) is 3.14. The fourth-order valence-electron chi connectivity index (χ4n) is 2.64. The minimum Gasteiger partial charge on any atom is -0.466 e. The molecule has 0 fully saturated rings. The number of rotatable bonds is 5. The maximum Gasteiger partial charge on any atom is 0.319 e. The van der Waals surface area contributed by atoms with E-state index in [1.807, 2.05) is 0 Å². The number of hydrogen-bond donors (Lipinski definition) is 3. The summed E-state index contributed by atoms with van der Waals surface area (Å²) in [5, 5.41) is 26.6. The van der Waals surface area contributed by atoms with E-state index < -0.39 is 16.6 Å². The van der Waals surface area contributed by atoms with E-state index in [4.69, 9.17) is 4.42 Å². The van der Waals surface area contributed by atoms with Crippen molar-refractivity contribution < 1.29 is 19.2 Å². The molecule has 0 bridgehead atoms. The molecular formula is C17H21N3O5. The van der Waals surface area contributed by atoms with Gasteiger partial charge in [-0.15, -0.1) is 0 Å². The van der Waals surface area contributed by atoms with Gasteiger partial charge in [-0.3, -0.25) is 10.1 Å². The van der Waals surface area contributed by atoms with E-state index in [9.17, 15) is 20.0 Å². The van der Waals surface area contributed by atoms with Crippen LogP contribution in [0.5, 0.6) is 0 Å². The van der Waals surface area contributed by atoms with E-state index in [1.54, 1.807) is 39.8 Å². The maximum absolute atomic E-state index is 12.1. The van der Waals surface area contributed by atoms with Crippen molar-refractivity contribution >= 4 is 17.4 Å². The highest BCUT2D eigenvalue weighted by Crippen LogP contribution is 2.27. The van der Waals surface area contributed by atoms with Crippen molar-refractivity contribution in [2.24, 2.45) is 0 Å². The molecule has 25 heavy (non-hydrogen) atoms. The van der Waals surface area contributed by atoms with Gasteiger partial charge in [-0.1, -0.05) is 6.07 Å². The number of furan rings is 1. The first-order valence-corrected chi connectivity index (χ1v) is 7.70. The van der Waals surface area contributed by atoms with Crippen LogP contribution in [0.25, 0.3) is 0 Å². The number of benzene rings is 1. The van der Waals surface area contributed by atoms with Gasteiger partial charge in [0.1, 0.15) is 17.1 Å². The summed E-state index contributed by atoms with van der Waals surface area (Å²) in [6.07, 6.45) is 0. The highest BCUT2D eigenvalue weighted by Gasteiger charge is 2.28. The second-order valence-electron chi connectivity index (χ2n) is 6.12. The summed E-state index contributed by atoms with van der Waals surface area (Å²) in [4.78, 5) is 22.5. The smallest absolute Gasteiger partial charge is 0.319 e. The quantitative estimate of drug-likeness (QED) is 0.567. The van der Waals surface area contributed by atoms with Crippen LogP contribution in [0.15, 0.2) is 28.7 Å². The molecule has 134 valence electrons. The Morgan fingerprint density at radius 1 is 1.36 bits per heavy atom. The Hall–Kier alpha value is -2.87. The number of amides is 2. The van der Waals surface area contributed by atoms with E-state index in [0.29, 0.717) is 28.3 Å². The zero-order valence-corrected chi connectivity index (χ0v) is 14.5. The van der Waals surface area contributed by atoms with Gasteiger partial charge < -0.3 is 20.2 Å². The van der Waals surface area contributed by atoms with Crippen LogP contribution in [0.3, 0.4) is 0 Å². The highest BCUT2D eigenvalue weighted by atomic mass is 16.6. The van der Waals surface area contributed by atoms with E-state index in [1.165, 1.54) is 12.1 Å². The highest BCUT2D eigenvalue weighted by molar-refractivity contribution is 5.90. The molecule has 1 aromatic carbocycles. The zero-order chi connectivity index (χ0) is 18.8. The van der Waals surface area contributed by atoms with E-state index in [-0.39, 0.29) is 12.2 Å². The van der Waals surface area contributed by atoms with Gasteiger partial charge in [-0.05, 0) is 39.8 Å². The lowest BCUT2D eigenvalue weighted by atomic mass is 9.96. The number of anilines is 1. The molecule has 8 nitrogen and oxygen atoms in total. The number of nitrogens with zero attached hydrogens (tertiary/aromatic N) is 1. The Bertz CT molecular complexity index is 811. The van der Waals surface area contributed by atoms with Crippen molar-refractivity contribution in [1.82, 2.24) is 5.32 Å². The minimum absolute atomic E-state index is 0.0490. The molecule has 2 aromatic rings. The molecule has 0 unspecified atom stereocenters. The largest absolute Gasteiger partial charge is 0.466 e. The summed E-state index contributed by atoms with van der Waals surface area (Å²) in [7, 11) is 0. The molecule has 2 amide bonds. The molecule has 0 aliphatic rings. The number of urea groups is 1. The number of hydrogen-bond acceptors (Lipinski definition) is 5. The minimum atomic E-state index is -1.31. The van der Waals surface area contributed by atoms with Gasteiger partial charge in [0.15, 0.2) is 0 Å². The average Bonchev–Trinajstić information content (AvgIpc) is 2.87. The first kappa shape index (κ1) is 18.5. The number of aliphatic hydroxyl groups is 1. The van der Waals surface area contributed by atoms with Crippen molar-refractivity contribution in [3.05, 3.63) is 57.0 Å². The Kier molecular flexibility index (Phi) is 5.13. The Morgan fingerprint density at radius 2 is 2.04 bits per heavy atom. The summed E-state index contributed by atoms with van der Waals surface area (Å²) in [5.41, 5.74) is -0.0970. The Labute approximate surface area is 145 Å². The third-order valence-electron chi connectivity index (χ3n) is 3.96. The number of nitrogens with one attached hydrogen (secondary N) is 2. The molecule has 1 atom stereocenters. The molecule has 2 rings (SSSR count). The number of carbonyl (C=O) groups is 1. The first-order valence-electron chi connectivity index (χ1n) is 7.70. The van der Waals surface area contributed by atoms with Crippen molar-refractivity contribution in [1.29, 1.82) is 0 Å². The summed E-state index contributed by atoms with van der Waals surface area (Å²) in [6.45, 7) is 6.60. The van der Waals surface area contributed by atoms with Crippen LogP contribution in [-0.4, -0.2) is 22.6 Å². The van der Waals surface area contributed by atoms with Gasteiger partial charge >= 0.3 is 6.03 Å². The third-order valence-corrected chi connectivity index (χ3v) is 3.96. The zero-order valence-electron chi connectivity index (χ0n) is 14.5. The summed E-state index contributed by atoms with van der Waals surface area (Å²) >= 11 is 0. The van der Waals surface area contributed by atoms with Crippen LogP contribution in [0, 0.1) is 30.9 Å². The second-order valence-corrected chi connectivity index (χ2v) is 6.12. The predicted molar refractivity (Wildman–Crippen MR) is 92.6 cm³/mol. The van der Waals surface area contributed by atoms with Crippen molar-refractivity contribution in [2.75, 3.05) is 11.9 Å². The SMILES string of the molecule is Cc1cc([C@@](C)(O)CNC(=O)Nc2cccc([N+](=O)[O-])c2C)c(C)o1. The van der Waals surface area contributed by atoms with Crippen molar-refractivity contribution in [3.63, 3.8) is 0 Å². The van der Waals surface area contributed by atoms with Crippen LogP contribution in [0.2, 0.25) is 0 Å². The van der Waals surface area contributed by atoms with Crippen LogP contribution < -0.4 is 10.6 Å². The molecule has 8 heteroatoms. The van der Waals surface area contributed by atoms with E-state index in [2.05, 4.69) is 10.6 Å². The lowest BCUT2D eigenvalue weighted by Gasteiger charge is -2.23. The van der Waals surface area contributed by atoms with Crippen molar-refractivity contribution in [2.45, 2.75) is 33.3 Å². The number of nitro groups is 1. The second kappa shape index (κ2) is 6.94. The molecule has 0 aliphatic heterocycles. The lowest BCUT2D eigenvalue weighted by Crippen LogP contribution is -2.40. The third kappa shape index (κ3) is 4.16. The monoisotopic (exact) mass is 347 g/mol. The summed E-state index contributed by atoms with van der Waals surface area (Å²) < 4.78 is 5.40. The number of nitro benzene ring substituents is 1. The molecular weight excluding hydrogens is 326 g/mol. The molecule has 3 N–H and O–H groups in total. The van der Waals surface area contributed by atoms with Gasteiger partial charge in [0.05, 0.1) is 22.7 Å². The standard InChI is InChI=1S/C17H21N3O5/c1-10-8-13(12(3)25-10)17(4,22)9-18-16(21)19-14-6-5-7-15(11(14)2)20(23)24/h5-8,22H,9H2,1-4H3,(H2,18,19,21)/t17-/m0/s1. The van der Waals surface area contributed by atoms with Crippen LogP contribution in [0.1, 0.15) is 29.6 Å². The van der Waals surface area contributed by atoms with Crippen molar-refractivity contribution in [3.8, 4) is 0 Å². The number of carbonyl (C=O) groups excluding carboxylic acids is 1. The maximum atomic E-state index is 12.1. The molecule has 0 spiro atoms. The van der Waals surface area contributed by atoms with E-state index in [0.717, 1.165) is 0 Å². The fourth-order valence-corrected chi connectivity index (χ4v) is 2.64. The average molecular weight is 347 g/mol. The van der Waals surface area contributed by atoms with Gasteiger partial charge in [0.25, 0.3) is 5.69 Å². The Balaban J connectivity index is 2.05. The normalized spacial score (nSPS) is 13.2. The topological polar surface area (TPSA) is 118 Å². The van der Waals surface area contributed by atoms with Gasteiger partial charge in [0.2, 0.25) is 0 Å². The molecule has 1 heterocycles. The van der Waals surface area contributed by atoms with Gasteiger partial charge in [-0.2, -0.15) is 0 Å². The molecule has 0 aliphatic carbocycles. The summed E-state index contributed by atoms with van der Waals surface area (Å²) in [5.74, 6) is 1.25. The molecule has 0 radical (unpaired) electrons. The first-order chi connectivity index (χ1) is 11.6. The van der Waals surface area contributed by atoms with E-state index >= 15 is 0 Å².